The molecule has 0 heterocycles. The third-order valence-electron chi connectivity index (χ3n) is 3.81. The van der Waals surface area contributed by atoms with Crippen molar-refractivity contribution in [2.75, 3.05) is 13.1 Å². The van der Waals surface area contributed by atoms with Gasteiger partial charge in [-0.1, -0.05) is 12.1 Å². The zero-order valence-corrected chi connectivity index (χ0v) is 15.3. The largest absolute Gasteiger partial charge is 0.508 e. The Labute approximate surface area is 162 Å². The topological polar surface area (TPSA) is 204 Å². The van der Waals surface area contributed by atoms with Crippen molar-refractivity contribution in [1.82, 2.24) is 16.0 Å². The Bertz CT molecular complexity index is 694. The number of carbonyl (C=O) groups excluding carboxylic acids is 2. The first-order valence-corrected chi connectivity index (χ1v) is 8.61. The summed E-state index contributed by atoms with van der Waals surface area (Å²) in [7, 11) is 0. The van der Waals surface area contributed by atoms with Gasteiger partial charge in [0.25, 0.3) is 0 Å². The molecule has 0 aromatic heterocycles. The highest BCUT2D eigenvalue weighted by atomic mass is 16.4. The smallest absolute Gasteiger partial charge is 0.326 e. The molecule has 0 aliphatic rings. The Morgan fingerprint density at radius 3 is 2.29 bits per heavy atom. The van der Waals surface area contributed by atoms with E-state index in [0.29, 0.717) is 18.5 Å². The van der Waals surface area contributed by atoms with E-state index in [1.54, 1.807) is 12.1 Å². The average Bonchev–Trinajstić information content (AvgIpc) is 2.64. The molecule has 2 amide bonds. The lowest BCUT2D eigenvalue weighted by atomic mass is 10.0. The van der Waals surface area contributed by atoms with Crippen LogP contribution in [0.25, 0.3) is 0 Å². The van der Waals surface area contributed by atoms with E-state index in [-0.39, 0.29) is 31.1 Å². The summed E-state index contributed by atoms with van der Waals surface area (Å²) in [6.45, 7) is -0.00117. The molecule has 10 N–H and O–H groups in total. The molecule has 11 heteroatoms. The van der Waals surface area contributed by atoms with Crippen LogP contribution in [-0.2, 0) is 20.8 Å². The molecule has 0 fully saturated rings. The number of hydrogen-bond acceptors (Lipinski definition) is 6. The molecule has 0 unspecified atom stereocenters. The second kappa shape index (κ2) is 11.4. The third kappa shape index (κ3) is 8.36. The minimum absolute atomic E-state index is 0.00476. The normalized spacial score (nSPS) is 12.5. The van der Waals surface area contributed by atoms with E-state index in [9.17, 15) is 24.6 Å². The molecule has 1 aromatic carbocycles. The van der Waals surface area contributed by atoms with Crippen LogP contribution in [0.1, 0.15) is 18.4 Å². The molecule has 0 saturated heterocycles. The first-order valence-electron chi connectivity index (χ1n) is 8.61. The second-order valence-electron chi connectivity index (χ2n) is 6.08. The van der Waals surface area contributed by atoms with Gasteiger partial charge in [0.2, 0.25) is 11.8 Å². The summed E-state index contributed by atoms with van der Waals surface area (Å²) in [6.07, 6.45) is 0.604. The average molecular weight is 394 g/mol. The number of aromatic hydroxyl groups is 1. The Morgan fingerprint density at radius 2 is 1.75 bits per heavy atom. The zero-order valence-electron chi connectivity index (χ0n) is 15.3. The molecule has 11 nitrogen and oxygen atoms in total. The minimum atomic E-state index is -1.23. The number of nitrogens with one attached hydrogen (secondary N) is 4. The first-order chi connectivity index (χ1) is 13.2. The highest BCUT2D eigenvalue weighted by Gasteiger charge is 2.26. The van der Waals surface area contributed by atoms with E-state index in [4.69, 9.17) is 16.9 Å². The molecule has 2 atom stereocenters. The van der Waals surface area contributed by atoms with Crippen molar-refractivity contribution in [2.24, 2.45) is 11.5 Å². The van der Waals surface area contributed by atoms with E-state index in [0.717, 1.165) is 0 Å². The number of carboxylic acid groups (broad SMARTS) is 1. The van der Waals surface area contributed by atoms with Crippen LogP contribution in [0.5, 0.6) is 5.75 Å². The summed E-state index contributed by atoms with van der Waals surface area (Å²) >= 11 is 0. The lowest BCUT2D eigenvalue weighted by molar-refractivity contribution is -0.142. The molecule has 0 aliphatic carbocycles. The van der Waals surface area contributed by atoms with Crippen LogP contribution in [0.3, 0.4) is 0 Å². The predicted molar refractivity (Wildman–Crippen MR) is 102 cm³/mol. The summed E-state index contributed by atoms with van der Waals surface area (Å²) in [5.41, 5.74) is 11.1. The number of benzene rings is 1. The highest BCUT2D eigenvalue weighted by Crippen LogP contribution is 2.11. The molecule has 0 spiro atoms. The van der Waals surface area contributed by atoms with Crippen molar-refractivity contribution in [3.63, 3.8) is 0 Å². The summed E-state index contributed by atoms with van der Waals surface area (Å²) in [4.78, 5) is 35.6. The number of rotatable bonds is 11. The molecule has 0 aliphatic heterocycles. The molecular weight excluding hydrogens is 368 g/mol. The van der Waals surface area contributed by atoms with Crippen molar-refractivity contribution in [1.29, 1.82) is 5.41 Å². The molecule has 0 radical (unpaired) electrons. The number of carboxylic acids is 1. The monoisotopic (exact) mass is 394 g/mol. The van der Waals surface area contributed by atoms with Gasteiger partial charge in [-0.3, -0.25) is 15.0 Å². The maximum absolute atomic E-state index is 12.5. The number of nitrogens with two attached hydrogens (primary N) is 2. The maximum atomic E-state index is 12.5. The van der Waals surface area contributed by atoms with Gasteiger partial charge in [-0.05, 0) is 30.5 Å². The summed E-state index contributed by atoms with van der Waals surface area (Å²) in [5, 5.41) is 33.2. The number of hydrogen-bond donors (Lipinski definition) is 8. The van der Waals surface area contributed by atoms with E-state index < -0.39 is 29.9 Å². The SMILES string of the molecule is N=C(N)NCCC[C@H](NC(=O)CN)C(=O)N[C@@H](Cc1ccc(O)cc1)C(=O)O. The number of phenolic OH excluding ortho intramolecular Hbond substituents is 1. The van der Waals surface area contributed by atoms with E-state index in [1.165, 1.54) is 12.1 Å². The van der Waals surface area contributed by atoms with Gasteiger partial charge in [0.05, 0.1) is 6.54 Å². The number of guanidine groups is 1. The van der Waals surface area contributed by atoms with Gasteiger partial charge in [-0.25, -0.2) is 4.79 Å². The van der Waals surface area contributed by atoms with Crippen LogP contribution < -0.4 is 27.4 Å². The highest BCUT2D eigenvalue weighted by molar-refractivity contribution is 5.90. The molecule has 28 heavy (non-hydrogen) atoms. The fourth-order valence-electron chi connectivity index (χ4n) is 2.39. The fraction of sp³-hybridized carbons (Fsp3) is 0.412. The molecule has 0 saturated carbocycles. The summed E-state index contributed by atoms with van der Waals surface area (Å²) in [6, 6.07) is 3.75. The molecule has 0 bridgehead atoms. The minimum Gasteiger partial charge on any atom is -0.508 e. The lowest BCUT2D eigenvalue weighted by Gasteiger charge is -2.21. The van der Waals surface area contributed by atoms with Gasteiger partial charge in [-0.15, -0.1) is 0 Å². The molecule has 1 aromatic rings. The Kier molecular flexibility index (Phi) is 9.23. The molecule has 1 rings (SSSR count). The summed E-state index contributed by atoms with van der Waals surface area (Å²) in [5.74, 6) is -2.61. The Hall–Kier alpha value is -3.34. The second-order valence-corrected chi connectivity index (χ2v) is 6.08. The van der Waals surface area contributed by atoms with Gasteiger partial charge >= 0.3 is 5.97 Å². The van der Waals surface area contributed by atoms with E-state index >= 15 is 0 Å². The van der Waals surface area contributed by atoms with Crippen LogP contribution in [0.15, 0.2) is 24.3 Å². The van der Waals surface area contributed by atoms with Crippen molar-refractivity contribution in [2.45, 2.75) is 31.3 Å². The van der Waals surface area contributed by atoms with E-state index in [1.807, 2.05) is 0 Å². The van der Waals surface area contributed by atoms with Crippen LogP contribution in [-0.4, -0.2) is 59.1 Å². The first kappa shape index (κ1) is 22.7. The summed E-state index contributed by atoms with van der Waals surface area (Å²) < 4.78 is 0. The van der Waals surface area contributed by atoms with Gasteiger partial charge in [0.15, 0.2) is 5.96 Å². The van der Waals surface area contributed by atoms with Crippen LogP contribution in [0.2, 0.25) is 0 Å². The third-order valence-corrected chi connectivity index (χ3v) is 3.81. The van der Waals surface area contributed by atoms with Crippen LogP contribution in [0.4, 0.5) is 0 Å². The Morgan fingerprint density at radius 1 is 1.11 bits per heavy atom. The van der Waals surface area contributed by atoms with E-state index in [2.05, 4.69) is 16.0 Å². The van der Waals surface area contributed by atoms with Gasteiger partial charge < -0.3 is 37.6 Å². The Balaban J connectivity index is 2.76. The van der Waals surface area contributed by atoms with Crippen molar-refractivity contribution >= 4 is 23.7 Å². The maximum Gasteiger partial charge on any atom is 0.326 e. The lowest BCUT2D eigenvalue weighted by Crippen LogP contribution is -2.53. The van der Waals surface area contributed by atoms with Crippen LogP contribution in [0, 0.1) is 5.41 Å². The standard InChI is InChI=1S/C17H26N6O5/c18-9-14(25)22-12(2-1-7-21-17(19)20)15(26)23-13(16(27)28)8-10-3-5-11(24)6-4-10/h3-6,12-13,24H,1-2,7-9,18H2,(H,22,25)(H,23,26)(H,27,28)(H4,19,20,21)/t12-,13-/m0/s1. The van der Waals surface area contributed by atoms with Gasteiger partial charge in [-0.2, -0.15) is 0 Å². The molecular formula is C17H26N6O5. The quantitative estimate of drug-likeness (QED) is 0.122. The number of amides is 2. The number of aliphatic carboxylic acids is 1. The van der Waals surface area contributed by atoms with Gasteiger partial charge in [0, 0.05) is 13.0 Å². The van der Waals surface area contributed by atoms with Crippen LogP contribution >= 0.6 is 0 Å². The zero-order chi connectivity index (χ0) is 21.1. The van der Waals surface area contributed by atoms with Gasteiger partial charge in [0.1, 0.15) is 17.8 Å². The van der Waals surface area contributed by atoms with Crippen molar-refractivity contribution in [3.8, 4) is 5.75 Å². The van der Waals surface area contributed by atoms with Crippen molar-refractivity contribution in [3.05, 3.63) is 29.8 Å². The predicted octanol–water partition coefficient (Wildman–Crippen LogP) is -1.79. The fourth-order valence-corrected chi connectivity index (χ4v) is 2.39. The number of phenols is 1. The number of carbonyl (C=O) groups is 3. The molecule has 154 valence electrons. The van der Waals surface area contributed by atoms with Crippen molar-refractivity contribution < 1.29 is 24.6 Å².